The minimum absolute atomic E-state index is 0.182. The number of likely N-dealkylation sites (N-methyl/N-ethyl adjacent to an activating group) is 1. The fraction of sp³-hybridized carbons (Fsp3) is 0.462. The summed E-state index contributed by atoms with van der Waals surface area (Å²) in [4.78, 5) is 2.42. The number of aryl methyl sites for hydroxylation is 1. The molecule has 2 aliphatic heterocycles. The van der Waals surface area contributed by atoms with Crippen molar-refractivity contribution in [1.29, 1.82) is 0 Å². The van der Waals surface area contributed by atoms with Gasteiger partial charge in [0.2, 0.25) is 5.69 Å². The van der Waals surface area contributed by atoms with Crippen LogP contribution in [-0.4, -0.2) is 51.2 Å². The Hall–Kier alpha value is -3.32. The second-order valence-corrected chi connectivity index (χ2v) is 13.7. The lowest BCUT2D eigenvalue weighted by molar-refractivity contribution is -0.433. The number of rotatable bonds is 11. The second kappa shape index (κ2) is 13.8. The number of allylic oxidation sites excluding steroid dienone is 8. The van der Waals surface area contributed by atoms with Gasteiger partial charge >= 0.3 is 0 Å². The predicted molar refractivity (Wildman–Crippen MR) is 189 cm³/mol. The molecule has 2 aromatic rings. The van der Waals surface area contributed by atoms with Gasteiger partial charge in [0.15, 0.2) is 19.3 Å². The van der Waals surface area contributed by atoms with E-state index in [1.54, 1.807) is 14.2 Å². The Balaban J connectivity index is 1.45. The summed E-state index contributed by atoms with van der Waals surface area (Å²) < 4.78 is 24.4. The van der Waals surface area contributed by atoms with Crippen LogP contribution in [0.2, 0.25) is 0 Å². The number of nitrogens with zero attached hydrogens (tertiary/aromatic N) is 2. The Morgan fingerprint density at radius 1 is 0.891 bits per heavy atom. The van der Waals surface area contributed by atoms with Crippen LogP contribution in [0.1, 0.15) is 77.5 Å². The number of hydrogen-bond donors (Lipinski definition) is 0. The number of ether oxygens (including phenoxy) is 4. The van der Waals surface area contributed by atoms with Gasteiger partial charge in [0.25, 0.3) is 0 Å². The van der Waals surface area contributed by atoms with E-state index in [0.717, 1.165) is 54.4 Å². The lowest BCUT2D eigenvalue weighted by Gasteiger charge is -2.26. The molecule has 2 aromatic carbocycles. The molecule has 7 heteroatoms. The minimum Gasteiger partial charge on any atom is -0.468 e. The van der Waals surface area contributed by atoms with Gasteiger partial charge in [0.05, 0.1) is 5.41 Å². The molecule has 0 saturated heterocycles. The minimum atomic E-state index is -0.188. The predicted octanol–water partition coefficient (Wildman–Crippen LogP) is 9.22. The quantitative estimate of drug-likeness (QED) is 0.180. The SMILES string of the molecule is CCN1/C(=C\C=C2/CCCC(/C=C/C3=[N+](CC)c4ccc(OCOC)cc4C3(C)C)=C2Cl)C(C)(C)c2cc(OCOC)c(C)cc21. The van der Waals surface area contributed by atoms with E-state index in [1.165, 1.54) is 45.1 Å². The molecule has 246 valence electrons. The van der Waals surface area contributed by atoms with Crippen molar-refractivity contribution < 1.29 is 23.5 Å². The van der Waals surface area contributed by atoms with Gasteiger partial charge in [0.1, 0.15) is 18.0 Å². The number of hydrogen-bond acceptors (Lipinski definition) is 5. The molecule has 0 radical (unpaired) electrons. The second-order valence-electron chi connectivity index (χ2n) is 13.3. The summed E-state index contributed by atoms with van der Waals surface area (Å²) in [5.41, 5.74) is 10.6. The van der Waals surface area contributed by atoms with Crippen LogP contribution in [0.25, 0.3) is 0 Å². The largest absolute Gasteiger partial charge is 0.468 e. The molecule has 46 heavy (non-hydrogen) atoms. The molecule has 1 aliphatic carbocycles. The van der Waals surface area contributed by atoms with Gasteiger partial charge in [-0.05, 0) is 106 Å². The van der Waals surface area contributed by atoms with Gasteiger partial charge in [-0.25, -0.2) is 0 Å². The Bertz CT molecular complexity index is 1640. The maximum absolute atomic E-state index is 7.18. The Morgan fingerprint density at radius 2 is 1.63 bits per heavy atom. The van der Waals surface area contributed by atoms with Crippen LogP contribution in [0.15, 0.2) is 76.5 Å². The van der Waals surface area contributed by atoms with Crippen molar-refractivity contribution in [2.24, 2.45) is 0 Å². The smallest absolute Gasteiger partial charge is 0.210 e. The van der Waals surface area contributed by atoms with Crippen molar-refractivity contribution >= 4 is 28.7 Å². The summed E-state index contributed by atoms with van der Waals surface area (Å²) >= 11 is 7.18. The van der Waals surface area contributed by atoms with Crippen molar-refractivity contribution in [2.75, 3.05) is 45.8 Å². The summed E-state index contributed by atoms with van der Waals surface area (Å²) in [6, 6.07) is 10.8. The highest BCUT2D eigenvalue weighted by atomic mass is 35.5. The number of fused-ring (bicyclic) bond motifs is 2. The zero-order chi connectivity index (χ0) is 33.2. The molecule has 2 heterocycles. The Kier molecular flexibility index (Phi) is 10.2. The first kappa shape index (κ1) is 34.0. The van der Waals surface area contributed by atoms with E-state index < -0.39 is 0 Å². The molecule has 0 amide bonds. The first-order valence-corrected chi connectivity index (χ1v) is 16.8. The van der Waals surface area contributed by atoms with Crippen LogP contribution in [-0.2, 0) is 20.3 Å². The average Bonchev–Trinajstić information content (AvgIpc) is 3.38. The third-order valence-corrected chi connectivity index (χ3v) is 10.2. The highest BCUT2D eigenvalue weighted by molar-refractivity contribution is 6.32. The zero-order valence-electron chi connectivity index (χ0n) is 29.1. The van der Waals surface area contributed by atoms with Gasteiger partial charge in [0, 0.05) is 60.3 Å². The van der Waals surface area contributed by atoms with Crippen LogP contribution >= 0.6 is 11.6 Å². The molecular weight excluding hydrogens is 596 g/mol. The number of halogens is 1. The highest BCUT2D eigenvalue weighted by Gasteiger charge is 2.44. The molecule has 0 fully saturated rings. The van der Waals surface area contributed by atoms with E-state index in [-0.39, 0.29) is 24.4 Å². The van der Waals surface area contributed by atoms with Gasteiger partial charge in [-0.1, -0.05) is 37.6 Å². The van der Waals surface area contributed by atoms with Crippen molar-refractivity contribution in [1.82, 2.24) is 0 Å². The van der Waals surface area contributed by atoms with Gasteiger partial charge in [-0.15, -0.1) is 0 Å². The van der Waals surface area contributed by atoms with Crippen molar-refractivity contribution in [2.45, 2.75) is 78.6 Å². The third kappa shape index (κ3) is 6.20. The Morgan fingerprint density at radius 3 is 2.33 bits per heavy atom. The third-order valence-electron chi connectivity index (χ3n) is 9.70. The normalized spacial score (nSPS) is 20.3. The van der Waals surface area contributed by atoms with Gasteiger partial charge in [-0.2, -0.15) is 4.58 Å². The summed E-state index contributed by atoms with van der Waals surface area (Å²) in [5, 5.41) is 0.869. The molecule has 0 unspecified atom stereocenters. The standard InChI is InChI=1S/C39H50ClN2O4/c1-10-41-32-18-17-29(45-24-43-8)22-30(32)38(4,5)35(41)19-15-27-13-12-14-28(37(27)40)16-20-36-39(6,7)31-23-34(46-25-44-9)26(3)21-33(31)42(36)11-2/h15-23H,10-14,24-25H2,1-9H3/q+1. The average molecular weight is 646 g/mol. The van der Waals surface area contributed by atoms with Gasteiger partial charge < -0.3 is 23.8 Å². The molecular formula is C39H50ClN2O4+. The van der Waals surface area contributed by atoms with Crippen LogP contribution in [0.5, 0.6) is 11.5 Å². The molecule has 0 bridgehead atoms. The lowest BCUT2D eigenvalue weighted by Crippen LogP contribution is -2.27. The van der Waals surface area contributed by atoms with Crippen LogP contribution in [0.3, 0.4) is 0 Å². The van der Waals surface area contributed by atoms with E-state index in [1.807, 2.05) is 6.07 Å². The van der Waals surface area contributed by atoms with Crippen molar-refractivity contribution in [3.63, 3.8) is 0 Å². The molecule has 0 atom stereocenters. The maximum atomic E-state index is 7.18. The topological polar surface area (TPSA) is 43.2 Å². The van der Waals surface area contributed by atoms with Crippen LogP contribution in [0, 0.1) is 6.92 Å². The monoisotopic (exact) mass is 645 g/mol. The lowest BCUT2D eigenvalue weighted by atomic mass is 9.81. The maximum Gasteiger partial charge on any atom is 0.210 e. The summed E-state index contributed by atoms with van der Waals surface area (Å²) in [6.07, 6.45) is 12.1. The molecule has 0 N–H and O–H groups in total. The van der Waals surface area contributed by atoms with E-state index in [9.17, 15) is 0 Å². The molecule has 0 spiro atoms. The summed E-state index contributed by atoms with van der Waals surface area (Å²) in [7, 11) is 3.29. The molecule has 5 rings (SSSR count). The first-order valence-electron chi connectivity index (χ1n) is 16.4. The fourth-order valence-corrected chi connectivity index (χ4v) is 7.51. The number of anilines is 1. The van der Waals surface area contributed by atoms with Gasteiger partial charge in [-0.3, -0.25) is 0 Å². The van der Waals surface area contributed by atoms with E-state index in [4.69, 9.17) is 30.5 Å². The van der Waals surface area contributed by atoms with Crippen molar-refractivity contribution in [3.8, 4) is 11.5 Å². The van der Waals surface area contributed by atoms with E-state index in [0.29, 0.717) is 0 Å². The highest BCUT2D eigenvalue weighted by Crippen LogP contribution is 2.50. The fourth-order valence-electron chi connectivity index (χ4n) is 7.20. The Labute approximate surface area is 280 Å². The molecule has 0 saturated carbocycles. The summed E-state index contributed by atoms with van der Waals surface area (Å²) in [6.45, 7) is 17.9. The molecule has 6 nitrogen and oxygen atoms in total. The zero-order valence-corrected chi connectivity index (χ0v) is 29.8. The van der Waals surface area contributed by atoms with E-state index >= 15 is 0 Å². The summed E-state index contributed by atoms with van der Waals surface area (Å²) in [5.74, 6) is 1.69. The number of benzene rings is 2. The molecule has 0 aromatic heterocycles. The van der Waals surface area contributed by atoms with Crippen LogP contribution < -0.4 is 14.4 Å². The van der Waals surface area contributed by atoms with Crippen LogP contribution in [0.4, 0.5) is 11.4 Å². The van der Waals surface area contributed by atoms with E-state index in [2.05, 4.69) is 107 Å². The number of methoxy groups -OCH3 is 2. The molecule has 3 aliphatic rings. The van der Waals surface area contributed by atoms with Crippen molar-refractivity contribution in [3.05, 3.63) is 93.2 Å². The first-order chi connectivity index (χ1) is 22.0.